The minimum Gasteiger partial charge on any atom is -1.00 e. The maximum Gasteiger partial charge on any atom is -1.00 e. The van der Waals surface area contributed by atoms with E-state index in [1.807, 2.05) is 0 Å². The van der Waals surface area contributed by atoms with E-state index in [4.69, 9.17) is 0 Å². The molecule has 3 aromatic rings. The Morgan fingerprint density at radius 3 is 2.20 bits per heavy atom. The van der Waals surface area contributed by atoms with Gasteiger partial charge < -0.3 is 24.8 Å². The van der Waals surface area contributed by atoms with Gasteiger partial charge in [0.15, 0.2) is 0 Å². The van der Waals surface area contributed by atoms with Crippen molar-refractivity contribution in [2.24, 2.45) is 11.3 Å². The van der Waals surface area contributed by atoms with Crippen LogP contribution < -0.4 is 28.1 Å². The monoisotopic (exact) mass is 578 g/mol. The van der Waals surface area contributed by atoms with E-state index in [0.717, 1.165) is 6.42 Å². The second-order valence-corrected chi connectivity index (χ2v) is 16.9. The fourth-order valence-electron chi connectivity index (χ4n) is 5.49. The summed E-state index contributed by atoms with van der Waals surface area (Å²) in [7, 11) is 0. The topological polar surface area (TPSA) is 0 Å². The van der Waals surface area contributed by atoms with Crippen LogP contribution in [0.5, 0.6) is 0 Å². The average Bonchev–Trinajstić information content (AvgIpc) is 3.42. The van der Waals surface area contributed by atoms with Crippen molar-refractivity contribution >= 4 is 6.48 Å². The van der Waals surface area contributed by atoms with Gasteiger partial charge in [-0.2, -0.15) is 0 Å². The average molecular weight is 581 g/mol. The number of halogens is 2. The van der Waals surface area contributed by atoms with Crippen molar-refractivity contribution in [1.29, 1.82) is 0 Å². The van der Waals surface area contributed by atoms with Crippen LogP contribution in [0.4, 0.5) is 0 Å². The molecule has 0 aromatic heterocycles. The summed E-state index contributed by atoms with van der Waals surface area (Å²) < 4.78 is 5.09. The predicted molar refractivity (Wildman–Crippen MR) is 140 cm³/mol. The normalized spacial score (nSPS) is 16.3. The van der Waals surface area contributed by atoms with Crippen LogP contribution in [0.15, 0.2) is 93.8 Å². The summed E-state index contributed by atoms with van der Waals surface area (Å²) in [6.45, 7) is 11.9. The van der Waals surface area contributed by atoms with Gasteiger partial charge in [0.25, 0.3) is 0 Å². The second-order valence-electron chi connectivity index (χ2n) is 10.5. The minimum absolute atomic E-state index is 0. The van der Waals surface area contributed by atoms with Gasteiger partial charge in [0.1, 0.15) is 0 Å². The summed E-state index contributed by atoms with van der Waals surface area (Å²) in [5.41, 5.74) is 9.15. The van der Waals surface area contributed by atoms with Crippen molar-refractivity contribution in [1.82, 2.24) is 0 Å². The smallest absolute Gasteiger partial charge is 1.00 e. The molecule has 5 rings (SSSR count). The molecule has 0 bridgehead atoms. The van der Waals surface area contributed by atoms with Gasteiger partial charge in [-0.05, 0) is 0 Å². The molecule has 0 N–H and O–H groups in total. The third kappa shape index (κ3) is 5.29. The van der Waals surface area contributed by atoms with Crippen LogP contribution in [-0.4, -0.2) is 3.21 Å². The van der Waals surface area contributed by atoms with Gasteiger partial charge in [-0.15, -0.1) is 0 Å². The van der Waals surface area contributed by atoms with Gasteiger partial charge in [0.2, 0.25) is 0 Å². The molecule has 180 valence electrons. The molecule has 0 heterocycles. The molecule has 0 fully saturated rings. The van der Waals surface area contributed by atoms with Crippen LogP contribution in [0.2, 0.25) is 0 Å². The van der Waals surface area contributed by atoms with Crippen LogP contribution in [0.1, 0.15) is 57.7 Å². The molecule has 3 heteroatoms. The van der Waals surface area contributed by atoms with Gasteiger partial charge in [0, 0.05) is 0 Å². The number of benzene rings is 3. The summed E-state index contributed by atoms with van der Waals surface area (Å²) in [6.07, 6.45) is 7.48. The summed E-state index contributed by atoms with van der Waals surface area (Å²) in [6, 6.07) is 27.3. The van der Waals surface area contributed by atoms with Crippen LogP contribution in [0.3, 0.4) is 0 Å². The SMILES string of the molecule is CCC1C=C(C(C)(C)C)C=[C]1/[Zr+2](=[C](\C)c1ccccc1)[c]1cccc2c1Cc1ccccc1-2.[Cl-].[Cl-]. The Bertz CT molecular complexity index is 1310. The first kappa shape index (κ1) is 28.1. The first-order chi connectivity index (χ1) is 15.9. The third-order valence-electron chi connectivity index (χ3n) is 7.39. The molecule has 0 spiro atoms. The van der Waals surface area contributed by atoms with Gasteiger partial charge in [0.05, 0.1) is 0 Å². The first-order valence-corrected chi connectivity index (χ1v) is 16.0. The quantitative estimate of drug-likeness (QED) is 0.345. The van der Waals surface area contributed by atoms with E-state index in [1.54, 1.807) is 15.3 Å². The van der Waals surface area contributed by atoms with Crippen molar-refractivity contribution in [2.45, 2.75) is 47.5 Å². The van der Waals surface area contributed by atoms with Gasteiger partial charge in [-0.25, -0.2) is 0 Å². The molecule has 2 aliphatic rings. The Labute approximate surface area is 231 Å². The van der Waals surface area contributed by atoms with Crippen molar-refractivity contribution in [3.05, 3.63) is 110 Å². The number of hydrogen-bond donors (Lipinski definition) is 0. The Morgan fingerprint density at radius 2 is 1.51 bits per heavy atom. The number of fused-ring (bicyclic) bond motifs is 3. The molecule has 0 amide bonds. The molecule has 3 aromatic carbocycles. The van der Waals surface area contributed by atoms with E-state index in [0.29, 0.717) is 5.92 Å². The van der Waals surface area contributed by atoms with Gasteiger partial charge >= 0.3 is 208 Å². The maximum absolute atomic E-state index is 2.62. The zero-order valence-electron chi connectivity index (χ0n) is 21.3. The molecule has 0 nitrogen and oxygen atoms in total. The Morgan fingerprint density at radius 1 is 0.857 bits per heavy atom. The molecule has 1 unspecified atom stereocenters. The maximum atomic E-state index is 2.62. The Kier molecular flexibility index (Phi) is 9.02. The van der Waals surface area contributed by atoms with Gasteiger partial charge in [-0.1, -0.05) is 0 Å². The standard InChI is InChI=1S/C13H9.C11H17.C8H8.2ClH.Zr/c1-3-7-12-10(5-1)9-11-6-2-4-8-13(11)12;1-5-9-6-7-10(8-9)11(2,3)4;1-2-8-6-4-3-5-7-8;;;/h1-5,7-8H,9H2;7-9H,5H2,1-4H3;3-7H,1H3;2*1H;/q;;;;;+2/p-2. The largest absolute Gasteiger partial charge is 1.00 e. The third-order valence-corrected chi connectivity index (χ3v) is 15.1. The molecule has 0 saturated heterocycles. The Hall–Kier alpha value is -1.53. The van der Waals surface area contributed by atoms with Crippen LogP contribution in [0.25, 0.3) is 11.1 Å². The van der Waals surface area contributed by atoms with Crippen LogP contribution in [-0.2, 0) is 27.7 Å². The fourth-order valence-corrected chi connectivity index (χ4v) is 13.7. The fraction of sp³-hybridized carbons (Fsp3) is 0.281. The first-order valence-electron chi connectivity index (χ1n) is 12.3. The number of allylic oxidation sites excluding steroid dienone is 4. The second kappa shape index (κ2) is 11.2. The van der Waals surface area contributed by atoms with Crippen molar-refractivity contribution in [3.63, 3.8) is 0 Å². The molecule has 0 radical (unpaired) electrons. The zero-order chi connectivity index (χ0) is 23.2. The van der Waals surface area contributed by atoms with Crippen molar-refractivity contribution in [2.75, 3.05) is 0 Å². The number of hydrogen-bond acceptors (Lipinski definition) is 0. The zero-order valence-corrected chi connectivity index (χ0v) is 25.3. The summed E-state index contributed by atoms with van der Waals surface area (Å²) in [5, 5.41) is 0. The van der Waals surface area contributed by atoms with Crippen LogP contribution in [0, 0.1) is 11.3 Å². The van der Waals surface area contributed by atoms with Crippen molar-refractivity contribution < 1.29 is 46.1 Å². The van der Waals surface area contributed by atoms with E-state index in [2.05, 4.69) is 120 Å². The van der Waals surface area contributed by atoms with E-state index < -0.39 is 21.3 Å². The molecular formula is C32H34Cl2Zr. The predicted octanol–water partition coefficient (Wildman–Crippen LogP) is 1.65. The summed E-state index contributed by atoms with van der Waals surface area (Å²) >= 11 is -2.39. The molecule has 1 atom stereocenters. The summed E-state index contributed by atoms with van der Waals surface area (Å²) in [5.74, 6) is 0.576. The number of rotatable bonds is 4. The molecule has 35 heavy (non-hydrogen) atoms. The van der Waals surface area contributed by atoms with E-state index in [-0.39, 0.29) is 30.2 Å². The molecular weight excluding hydrogens is 546 g/mol. The summed E-state index contributed by atoms with van der Waals surface area (Å²) in [4.78, 5) is 0. The molecule has 2 aliphatic carbocycles. The van der Waals surface area contributed by atoms with Crippen molar-refractivity contribution in [3.8, 4) is 11.1 Å². The molecule has 0 saturated carbocycles. The van der Waals surface area contributed by atoms with Gasteiger partial charge in [-0.3, -0.25) is 0 Å². The van der Waals surface area contributed by atoms with E-state index in [1.165, 1.54) is 34.2 Å². The molecule has 0 aliphatic heterocycles. The van der Waals surface area contributed by atoms with E-state index in [9.17, 15) is 0 Å². The van der Waals surface area contributed by atoms with E-state index >= 15 is 0 Å². The minimum atomic E-state index is -2.39. The van der Waals surface area contributed by atoms with Crippen LogP contribution >= 0.6 is 0 Å². The Balaban J connectivity index is 0.00000171.